The maximum atomic E-state index is 12.1. The summed E-state index contributed by atoms with van der Waals surface area (Å²) in [6.45, 7) is 3.69. The molecule has 3 nitrogen and oxygen atoms in total. The lowest BCUT2D eigenvalue weighted by molar-refractivity contribution is 0.102. The largest absolute Gasteiger partial charge is 0.508 e. The number of hydrogen-bond donors (Lipinski definition) is 2. The number of nitrogens with one attached hydrogen (secondary N) is 1. The van der Waals surface area contributed by atoms with Gasteiger partial charge in [-0.25, -0.2) is 0 Å². The zero-order valence-corrected chi connectivity index (χ0v) is 12.3. The van der Waals surface area contributed by atoms with E-state index in [2.05, 4.69) is 21.2 Å². The van der Waals surface area contributed by atoms with E-state index in [4.69, 9.17) is 0 Å². The van der Waals surface area contributed by atoms with Crippen LogP contribution in [0.1, 0.15) is 21.5 Å². The van der Waals surface area contributed by atoms with Gasteiger partial charge in [-0.2, -0.15) is 0 Å². The summed E-state index contributed by atoms with van der Waals surface area (Å²) in [5.41, 5.74) is 2.86. The Hall–Kier alpha value is -1.81. The second-order valence-corrected chi connectivity index (χ2v) is 5.33. The number of halogens is 1. The minimum Gasteiger partial charge on any atom is -0.508 e. The van der Waals surface area contributed by atoms with E-state index < -0.39 is 0 Å². The van der Waals surface area contributed by atoms with Gasteiger partial charge in [0.2, 0.25) is 0 Å². The lowest BCUT2D eigenvalue weighted by Gasteiger charge is -2.09. The van der Waals surface area contributed by atoms with Crippen molar-refractivity contribution in [3.8, 4) is 5.75 Å². The first-order valence-corrected chi connectivity index (χ1v) is 6.64. The molecule has 2 N–H and O–H groups in total. The molecule has 0 aliphatic carbocycles. The number of hydrogen-bond acceptors (Lipinski definition) is 2. The molecule has 0 fully saturated rings. The highest BCUT2D eigenvalue weighted by Gasteiger charge is 2.10. The highest BCUT2D eigenvalue weighted by atomic mass is 79.9. The monoisotopic (exact) mass is 319 g/mol. The topological polar surface area (TPSA) is 49.3 Å². The van der Waals surface area contributed by atoms with Crippen molar-refractivity contribution in [3.05, 3.63) is 57.6 Å². The van der Waals surface area contributed by atoms with Crippen LogP contribution < -0.4 is 5.32 Å². The zero-order chi connectivity index (χ0) is 14.0. The zero-order valence-electron chi connectivity index (χ0n) is 10.7. The van der Waals surface area contributed by atoms with Gasteiger partial charge in [-0.1, -0.05) is 22.0 Å². The summed E-state index contributed by atoms with van der Waals surface area (Å²) >= 11 is 3.36. The molecule has 19 heavy (non-hydrogen) atoms. The number of aromatic hydroxyl groups is 1. The molecule has 0 aliphatic heterocycles. The van der Waals surface area contributed by atoms with Gasteiger partial charge in [-0.05, 0) is 49.2 Å². The van der Waals surface area contributed by atoms with E-state index in [0.29, 0.717) is 11.3 Å². The van der Waals surface area contributed by atoms with Crippen LogP contribution in [0.25, 0.3) is 0 Å². The molecule has 0 heterocycles. The van der Waals surface area contributed by atoms with Gasteiger partial charge >= 0.3 is 0 Å². The number of anilines is 1. The van der Waals surface area contributed by atoms with Crippen molar-refractivity contribution in [1.82, 2.24) is 0 Å². The molecule has 0 unspecified atom stereocenters. The second-order valence-electron chi connectivity index (χ2n) is 4.41. The Labute approximate surface area is 120 Å². The Morgan fingerprint density at radius 3 is 2.47 bits per heavy atom. The molecule has 0 aromatic heterocycles. The van der Waals surface area contributed by atoms with Crippen LogP contribution in [0.4, 0.5) is 5.69 Å². The Morgan fingerprint density at radius 2 is 1.84 bits per heavy atom. The van der Waals surface area contributed by atoms with Gasteiger partial charge in [0.05, 0.1) is 0 Å². The summed E-state index contributed by atoms with van der Waals surface area (Å²) in [6, 6.07) is 10.6. The van der Waals surface area contributed by atoms with Gasteiger partial charge < -0.3 is 10.4 Å². The van der Waals surface area contributed by atoms with E-state index in [1.807, 2.05) is 19.1 Å². The number of amides is 1. The van der Waals surface area contributed by atoms with Gasteiger partial charge in [0, 0.05) is 21.8 Å². The van der Waals surface area contributed by atoms with Crippen molar-refractivity contribution in [2.45, 2.75) is 13.8 Å². The van der Waals surface area contributed by atoms with Crippen LogP contribution in [0, 0.1) is 13.8 Å². The molecule has 2 aromatic carbocycles. The predicted molar refractivity (Wildman–Crippen MR) is 79.7 cm³/mol. The van der Waals surface area contributed by atoms with Crippen molar-refractivity contribution in [1.29, 1.82) is 0 Å². The average molecular weight is 320 g/mol. The number of rotatable bonds is 2. The van der Waals surface area contributed by atoms with Crippen LogP contribution >= 0.6 is 15.9 Å². The maximum absolute atomic E-state index is 12.1. The Balaban J connectivity index is 2.23. The summed E-state index contributed by atoms with van der Waals surface area (Å²) < 4.78 is 0.939. The van der Waals surface area contributed by atoms with Crippen molar-refractivity contribution < 1.29 is 9.90 Å². The highest BCUT2D eigenvalue weighted by molar-refractivity contribution is 9.10. The van der Waals surface area contributed by atoms with Crippen molar-refractivity contribution >= 4 is 27.5 Å². The van der Waals surface area contributed by atoms with Gasteiger partial charge in [0.25, 0.3) is 5.91 Å². The van der Waals surface area contributed by atoms with E-state index in [0.717, 1.165) is 15.6 Å². The van der Waals surface area contributed by atoms with E-state index >= 15 is 0 Å². The normalized spacial score (nSPS) is 10.3. The number of carbonyl (C=O) groups is 1. The van der Waals surface area contributed by atoms with Crippen LogP contribution in [0.5, 0.6) is 5.75 Å². The van der Waals surface area contributed by atoms with Gasteiger partial charge in [-0.3, -0.25) is 4.79 Å². The number of phenolic OH excluding ortho intramolecular Hbond substituents is 1. The third-order valence-corrected chi connectivity index (χ3v) is 3.39. The van der Waals surface area contributed by atoms with Crippen LogP contribution in [-0.2, 0) is 0 Å². The standard InChI is InChI=1S/C15H14BrNO2/c1-9-3-5-12(8-14(9)18)17-15(19)13-6-4-11(16)7-10(13)2/h3-8,18H,1-2H3,(H,17,19). The van der Waals surface area contributed by atoms with Crippen molar-refractivity contribution in [3.63, 3.8) is 0 Å². The summed E-state index contributed by atoms with van der Waals surface area (Å²) in [5.74, 6) is -0.0152. The molecule has 0 saturated heterocycles. The quantitative estimate of drug-likeness (QED) is 0.878. The molecule has 2 aromatic rings. The van der Waals surface area contributed by atoms with Gasteiger partial charge in [0.15, 0.2) is 0 Å². The minimum atomic E-state index is -0.187. The first-order chi connectivity index (χ1) is 8.97. The lowest BCUT2D eigenvalue weighted by atomic mass is 10.1. The second kappa shape index (κ2) is 5.45. The molecule has 0 atom stereocenters. The minimum absolute atomic E-state index is 0.172. The number of aryl methyl sites for hydroxylation is 2. The molecule has 0 aliphatic rings. The van der Waals surface area contributed by atoms with Crippen molar-refractivity contribution in [2.75, 3.05) is 5.32 Å². The third kappa shape index (κ3) is 3.15. The fraction of sp³-hybridized carbons (Fsp3) is 0.133. The first-order valence-electron chi connectivity index (χ1n) is 5.84. The van der Waals surface area contributed by atoms with Crippen LogP contribution in [0.2, 0.25) is 0 Å². The summed E-state index contributed by atoms with van der Waals surface area (Å²) in [5, 5.41) is 12.4. The molecule has 0 saturated carbocycles. The van der Waals surface area contributed by atoms with E-state index in [9.17, 15) is 9.90 Å². The van der Waals surface area contributed by atoms with E-state index in [1.165, 1.54) is 0 Å². The summed E-state index contributed by atoms with van der Waals surface area (Å²) in [6.07, 6.45) is 0. The lowest BCUT2D eigenvalue weighted by Crippen LogP contribution is -2.13. The van der Waals surface area contributed by atoms with E-state index in [-0.39, 0.29) is 11.7 Å². The molecule has 0 spiro atoms. The highest BCUT2D eigenvalue weighted by Crippen LogP contribution is 2.22. The molecule has 0 radical (unpaired) electrons. The van der Waals surface area contributed by atoms with Crippen LogP contribution in [-0.4, -0.2) is 11.0 Å². The smallest absolute Gasteiger partial charge is 0.255 e. The first kappa shape index (κ1) is 13.6. The molecule has 98 valence electrons. The summed E-state index contributed by atoms with van der Waals surface area (Å²) in [4.78, 5) is 12.1. The molecular formula is C15H14BrNO2. The number of carbonyl (C=O) groups excluding carboxylic acids is 1. The maximum Gasteiger partial charge on any atom is 0.255 e. The molecule has 1 amide bonds. The van der Waals surface area contributed by atoms with Gasteiger partial charge in [0.1, 0.15) is 5.75 Å². The van der Waals surface area contributed by atoms with Crippen LogP contribution in [0.3, 0.4) is 0 Å². The van der Waals surface area contributed by atoms with E-state index in [1.54, 1.807) is 31.2 Å². The third-order valence-electron chi connectivity index (χ3n) is 2.90. The summed E-state index contributed by atoms with van der Waals surface area (Å²) in [7, 11) is 0. The fourth-order valence-corrected chi connectivity index (χ4v) is 2.24. The molecule has 2 rings (SSSR count). The molecule has 0 bridgehead atoms. The van der Waals surface area contributed by atoms with Gasteiger partial charge in [-0.15, -0.1) is 0 Å². The van der Waals surface area contributed by atoms with Crippen molar-refractivity contribution in [2.24, 2.45) is 0 Å². The molecule has 4 heteroatoms. The Bertz CT molecular complexity index is 638. The number of benzene rings is 2. The fourth-order valence-electron chi connectivity index (χ4n) is 1.77. The average Bonchev–Trinajstić information content (AvgIpc) is 2.33. The Morgan fingerprint density at radius 1 is 1.11 bits per heavy atom. The molecular weight excluding hydrogens is 306 g/mol. The Kier molecular flexibility index (Phi) is 3.90. The SMILES string of the molecule is Cc1ccc(NC(=O)c2ccc(Br)cc2C)cc1O. The predicted octanol–water partition coefficient (Wildman–Crippen LogP) is 4.02. The van der Waals surface area contributed by atoms with Crippen LogP contribution in [0.15, 0.2) is 40.9 Å². The number of phenols is 1.